The molecule has 0 unspecified atom stereocenters. The van der Waals surface area contributed by atoms with E-state index in [4.69, 9.17) is 15.0 Å². The molecule has 0 spiro atoms. The SMILES string of the molecule is CC1(C)c2ccccc2-c2cc(-n3c4ccccc4c4cc(-c5ccc6sc7cccc(-c8nc(-c9ccccc9)nc(-c9cccc(-c%10cc(-c%11ccccc%11)cc(-c%11ccccc%11)c%10)c9)n8)c7c6c5)ccc43)ccc21. The maximum Gasteiger partial charge on any atom is 0.164 e. The van der Waals surface area contributed by atoms with Crippen LogP contribution in [0.5, 0.6) is 0 Å². The molecular weight excluding hydrogens is 953 g/mol. The molecule has 5 heteroatoms. The van der Waals surface area contributed by atoms with Gasteiger partial charge in [0.25, 0.3) is 0 Å². The highest BCUT2D eigenvalue weighted by Gasteiger charge is 2.35. The Morgan fingerprint density at radius 3 is 1.58 bits per heavy atom. The first-order valence-electron chi connectivity index (χ1n) is 26.3. The minimum atomic E-state index is -0.0478. The van der Waals surface area contributed by atoms with E-state index in [1.807, 2.05) is 29.5 Å². The summed E-state index contributed by atoms with van der Waals surface area (Å²) in [6.45, 7) is 4.69. The van der Waals surface area contributed by atoms with E-state index in [1.165, 1.54) is 81.2 Å². The Kier molecular flexibility index (Phi) is 10.4. The molecule has 11 aromatic carbocycles. The van der Waals surface area contributed by atoms with Gasteiger partial charge in [-0.1, -0.05) is 196 Å². The first-order valence-corrected chi connectivity index (χ1v) is 27.1. The van der Waals surface area contributed by atoms with Crippen LogP contribution in [0.2, 0.25) is 0 Å². The van der Waals surface area contributed by atoms with Crippen LogP contribution in [0, 0.1) is 0 Å². The standard InChI is InChI=1S/C72H48N4S/c1-72(2)62-29-14-12-26-56(62)59-44-55(34-35-63(59)72)76-64-30-15-13-27-57(64)60-42-49(32-36-65(60)76)50-33-37-66-61(43-50)68-58(28-17-31-67(68)77-66)71-74-69(47-22-10-5-11-23-47)73-70(75-71)51-25-16-24-48(38-51)54-40-52(45-18-6-3-7-19-45)39-53(41-54)46-20-8-4-9-21-46/h3-44H,1-2H3. The van der Waals surface area contributed by atoms with Gasteiger partial charge in [-0.05, 0) is 140 Å². The summed E-state index contributed by atoms with van der Waals surface area (Å²) in [5.41, 5.74) is 20.9. The Hall–Kier alpha value is -9.55. The maximum atomic E-state index is 5.39. The van der Waals surface area contributed by atoms with Crippen molar-refractivity contribution >= 4 is 53.3 Å². The monoisotopic (exact) mass is 1000 g/mol. The van der Waals surface area contributed by atoms with Crippen molar-refractivity contribution in [1.29, 1.82) is 0 Å². The molecule has 0 radical (unpaired) electrons. The van der Waals surface area contributed by atoms with E-state index < -0.39 is 0 Å². The summed E-state index contributed by atoms with van der Waals surface area (Å²) in [6, 6.07) is 92.2. The van der Waals surface area contributed by atoms with E-state index in [9.17, 15) is 0 Å². The van der Waals surface area contributed by atoms with Crippen LogP contribution in [-0.2, 0) is 5.41 Å². The van der Waals surface area contributed by atoms with Crippen molar-refractivity contribution in [3.8, 4) is 95.5 Å². The van der Waals surface area contributed by atoms with Gasteiger partial charge < -0.3 is 4.57 Å². The lowest BCUT2D eigenvalue weighted by Crippen LogP contribution is -2.14. The molecule has 0 fully saturated rings. The van der Waals surface area contributed by atoms with Crippen LogP contribution in [0.1, 0.15) is 25.0 Å². The largest absolute Gasteiger partial charge is 0.309 e. The number of hydrogen-bond donors (Lipinski definition) is 0. The Labute approximate surface area is 450 Å². The predicted octanol–water partition coefficient (Wildman–Crippen LogP) is 19.3. The van der Waals surface area contributed by atoms with Gasteiger partial charge in [0, 0.05) is 58.7 Å². The van der Waals surface area contributed by atoms with Gasteiger partial charge in [-0.15, -0.1) is 11.3 Å². The molecule has 15 rings (SSSR count). The Morgan fingerprint density at radius 1 is 0.312 bits per heavy atom. The Bertz CT molecular complexity index is 4590. The van der Waals surface area contributed by atoms with Gasteiger partial charge in [-0.3, -0.25) is 0 Å². The summed E-state index contributed by atoms with van der Waals surface area (Å²) >= 11 is 1.81. The zero-order valence-corrected chi connectivity index (χ0v) is 43.3. The molecule has 0 atom stereocenters. The number of aromatic nitrogens is 4. The van der Waals surface area contributed by atoms with Crippen molar-refractivity contribution < 1.29 is 0 Å². The summed E-state index contributed by atoms with van der Waals surface area (Å²) in [5.74, 6) is 1.89. The molecule has 3 aromatic heterocycles. The molecule has 3 heterocycles. The van der Waals surface area contributed by atoms with Crippen molar-refractivity contribution in [2.75, 3.05) is 0 Å². The number of rotatable bonds is 8. The topological polar surface area (TPSA) is 43.6 Å². The summed E-state index contributed by atoms with van der Waals surface area (Å²) in [6.07, 6.45) is 0. The molecule has 0 saturated carbocycles. The van der Waals surface area contributed by atoms with Crippen molar-refractivity contribution in [3.63, 3.8) is 0 Å². The minimum Gasteiger partial charge on any atom is -0.309 e. The number of benzene rings is 11. The second kappa shape index (κ2) is 17.8. The summed E-state index contributed by atoms with van der Waals surface area (Å²) < 4.78 is 4.85. The van der Waals surface area contributed by atoms with Crippen LogP contribution in [0.3, 0.4) is 0 Å². The molecule has 0 saturated heterocycles. The first-order chi connectivity index (χ1) is 37.9. The van der Waals surface area contributed by atoms with E-state index in [0.717, 1.165) is 49.9 Å². The molecule has 14 aromatic rings. The molecule has 4 nitrogen and oxygen atoms in total. The van der Waals surface area contributed by atoms with Gasteiger partial charge >= 0.3 is 0 Å². The van der Waals surface area contributed by atoms with Gasteiger partial charge in [0.1, 0.15) is 0 Å². The van der Waals surface area contributed by atoms with Gasteiger partial charge in [0.05, 0.1) is 11.0 Å². The quantitative estimate of drug-likeness (QED) is 0.152. The van der Waals surface area contributed by atoms with Crippen LogP contribution < -0.4 is 0 Å². The average molecular weight is 1000 g/mol. The van der Waals surface area contributed by atoms with Gasteiger partial charge in [0.15, 0.2) is 17.5 Å². The third-order valence-corrected chi connectivity index (χ3v) is 17.0. The van der Waals surface area contributed by atoms with Crippen molar-refractivity contribution in [2.24, 2.45) is 0 Å². The second-order valence-electron chi connectivity index (χ2n) is 20.8. The lowest BCUT2D eigenvalue weighted by molar-refractivity contribution is 0.660. The molecule has 0 N–H and O–H groups in total. The van der Waals surface area contributed by atoms with E-state index >= 15 is 0 Å². The third-order valence-electron chi connectivity index (χ3n) is 15.8. The molecule has 0 aliphatic heterocycles. The number of thiophene rings is 1. The second-order valence-corrected chi connectivity index (χ2v) is 21.8. The summed E-state index contributed by atoms with van der Waals surface area (Å²) in [5, 5.41) is 4.79. The summed E-state index contributed by atoms with van der Waals surface area (Å²) in [4.78, 5) is 15.9. The highest BCUT2D eigenvalue weighted by atomic mass is 32.1. The molecule has 0 amide bonds. The first kappa shape index (κ1) is 44.9. The fourth-order valence-electron chi connectivity index (χ4n) is 12.0. The number of hydrogen-bond acceptors (Lipinski definition) is 4. The van der Waals surface area contributed by atoms with Crippen molar-refractivity contribution in [2.45, 2.75) is 19.3 Å². The number of fused-ring (bicyclic) bond motifs is 9. The van der Waals surface area contributed by atoms with Crippen LogP contribution >= 0.6 is 11.3 Å². The highest BCUT2D eigenvalue weighted by molar-refractivity contribution is 7.26. The van der Waals surface area contributed by atoms with Crippen LogP contribution in [0.4, 0.5) is 0 Å². The molecule has 77 heavy (non-hydrogen) atoms. The van der Waals surface area contributed by atoms with E-state index in [0.29, 0.717) is 17.5 Å². The lowest BCUT2D eigenvalue weighted by Gasteiger charge is -2.21. The molecule has 362 valence electrons. The number of para-hydroxylation sites is 1. The van der Waals surface area contributed by atoms with E-state index in [-0.39, 0.29) is 5.41 Å². The zero-order chi connectivity index (χ0) is 51.2. The van der Waals surface area contributed by atoms with E-state index in [1.54, 1.807) is 0 Å². The fraction of sp³-hybridized carbons (Fsp3) is 0.0417. The lowest BCUT2D eigenvalue weighted by atomic mass is 9.82. The van der Waals surface area contributed by atoms with Gasteiger partial charge in [-0.25, -0.2) is 15.0 Å². The average Bonchev–Trinajstić information content (AvgIpc) is 4.14. The Morgan fingerprint density at radius 2 is 0.831 bits per heavy atom. The Balaban J connectivity index is 0.849. The van der Waals surface area contributed by atoms with Gasteiger partial charge in [-0.2, -0.15) is 0 Å². The highest BCUT2D eigenvalue weighted by Crippen LogP contribution is 2.50. The molecule has 1 aliphatic rings. The van der Waals surface area contributed by atoms with E-state index in [2.05, 4.69) is 255 Å². The van der Waals surface area contributed by atoms with Crippen molar-refractivity contribution in [1.82, 2.24) is 19.5 Å². The fourth-order valence-corrected chi connectivity index (χ4v) is 13.2. The molecule has 0 bridgehead atoms. The zero-order valence-electron chi connectivity index (χ0n) is 42.4. The number of nitrogens with zero attached hydrogens (tertiary/aromatic N) is 4. The normalized spacial score (nSPS) is 12.6. The molecule has 1 aliphatic carbocycles. The maximum absolute atomic E-state index is 5.39. The minimum absolute atomic E-state index is 0.0478. The van der Waals surface area contributed by atoms with Crippen molar-refractivity contribution in [3.05, 3.63) is 266 Å². The van der Waals surface area contributed by atoms with Crippen LogP contribution in [-0.4, -0.2) is 19.5 Å². The third kappa shape index (κ3) is 7.53. The van der Waals surface area contributed by atoms with Gasteiger partial charge in [0.2, 0.25) is 0 Å². The van der Waals surface area contributed by atoms with Crippen LogP contribution in [0.25, 0.3) is 137 Å². The molecular formula is C72H48N4S. The predicted molar refractivity (Wildman–Crippen MR) is 323 cm³/mol. The smallest absolute Gasteiger partial charge is 0.164 e. The van der Waals surface area contributed by atoms with Crippen LogP contribution in [0.15, 0.2) is 255 Å². The summed E-state index contributed by atoms with van der Waals surface area (Å²) in [7, 11) is 0.